The lowest BCUT2D eigenvalue weighted by molar-refractivity contribution is 0.0725. The van der Waals surface area contributed by atoms with E-state index in [-0.39, 0.29) is 5.91 Å². The quantitative estimate of drug-likeness (QED) is 0.908. The van der Waals surface area contributed by atoms with Crippen molar-refractivity contribution in [2.75, 3.05) is 31.2 Å². The third kappa shape index (κ3) is 3.34. The van der Waals surface area contributed by atoms with E-state index in [1.165, 1.54) is 19.3 Å². The first kappa shape index (κ1) is 14.7. The molecule has 0 atom stereocenters. The summed E-state index contributed by atoms with van der Waals surface area (Å²) in [6, 6.07) is 3.74. The van der Waals surface area contributed by atoms with E-state index < -0.39 is 0 Å². The molecular formula is C16H23N3OS. The van der Waals surface area contributed by atoms with Crippen LogP contribution in [0.1, 0.15) is 42.5 Å². The molecule has 5 heteroatoms. The first-order chi connectivity index (χ1) is 10.2. The second kappa shape index (κ2) is 6.26. The normalized spacial score (nSPS) is 20.1. The van der Waals surface area contributed by atoms with Gasteiger partial charge < -0.3 is 10.2 Å². The van der Waals surface area contributed by atoms with Crippen molar-refractivity contribution in [3.05, 3.63) is 23.9 Å². The SMILES string of the molecule is CSC1(CNc2ncccc2C(=O)N2CCCCC2)CC1. The summed E-state index contributed by atoms with van der Waals surface area (Å²) in [6.07, 6.45) is 9.89. The molecule has 0 aromatic carbocycles. The number of thioether (sulfide) groups is 1. The van der Waals surface area contributed by atoms with Crippen LogP contribution in [0.15, 0.2) is 18.3 Å². The molecule has 1 amide bonds. The van der Waals surface area contributed by atoms with E-state index in [0.717, 1.165) is 43.9 Å². The number of aromatic nitrogens is 1. The molecule has 1 aliphatic carbocycles. The third-order valence-corrected chi connectivity index (χ3v) is 5.92. The van der Waals surface area contributed by atoms with Crippen LogP contribution in [0.3, 0.4) is 0 Å². The summed E-state index contributed by atoms with van der Waals surface area (Å²) in [6.45, 7) is 2.65. The Labute approximate surface area is 130 Å². The van der Waals surface area contributed by atoms with Gasteiger partial charge in [0.05, 0.1) is 5.56 Å². The van der Waals surface area contributed by atoms with E-state index in [1.807, 2.05) is 28.8 Å². The summed E-state index contributed by atoms with van der Waals surface area (Å²) in [5, 5.41) is 3.41. The lowest BCUT2D eigenvalue weighted by atomic mass is 10.1. The standard InChI is InChI=1S/C16H23N3OS/c1-21-16(7-8-16)12-18-14-13(6-5-9-17-14)15(20)19-10-3-2-4-11-19/h5-6,9H,2-4,7-8,10-12H2,1H3,(H,17,18). The fourth-order valence-electron chi connectivity index (χ4n) is 2.82. The number of carbonyl (C=O) groups is 1. The number of nitrogens with one attached hydrogen (secondary N) is 1. The van der Waals surface area contributed by atoms with Gasteiger partial charge in [-0.15, -0.1) is 0 Å². The average Bonchev–Trinajstić information content (AvgIpc) is 3.34. The number of hydrogen-bond acceptors (Lipinski definition) is 4. The molecular weight excluding hydrogens is 282 g/mol. The van der Waals surface area contributed by atoms with E-state index in [4.69, 9.17) is 0 Å². The van der Waals surface area contributed by atoms with Crippen LogP contribution in [0.2, 0.25) is 0 Å². The van der Waals surface area contributed by atoms with E-state index in [1.54, 1.807) is 6.20 Å². The number of hydrogen-bond donors (Lipinski definition) is 1. The third-order valence-electron chi connectivity index (χ3n) is 4.50. The molecule has 0 unspecified atom stereocenters. The van der Waals surface area contributed by atoms with Gasteiger partial charge in [-0.1, -0.05) is 0 Å². The number of pyridine rings is 1. The van der Waals surface area contributed by atoms with Crippen LogP contribution in [0, 0.1) is 0 Å². The zero-order valence-corrected chi connectivity index (χ0v) is 13.4. The van der Waals surface area contributed by atoms with Crippen molar-refractivity contribution in [1.29, 1.82) is 0 Å². The van der Waals surface area contributed by atoms with Crippen molar-refractivity contribution in [1.82, 2.24) is 9.88 Å². The lowest BCUT2D eigenvalue weighted by Crippen LogP contribution is -2.36. The van der Waals surface area contributed by atoms with E-state index >= 15 is 0 Å². The maximum Gasteiger partial charge on any atom is 0.257 e. The fourth-order valence-corrected chi connectivity index (χ4v) is 3.55. The molecule has 1 aromatic heterocycles. The predicted octanol–water partition coefficient (Wildman–Crippen LogP) is 3.02. The second-order valence-electron chi connectivity index (χ2n) is 5.99. The Hall–Kier alpha value is -1.23. The van der Waals surface area contributed by atoms with Crippen LogP contribution in [0.5, 0.6) is 0 Å². The molecule has 4 nitrogen and oxygen atoms in total. The maximum absolute atomic E-state index is 12.7. The van der Waals surface area contributed by atoms with Crippen LogP contribution in [-0.4, -0.2) is 46.4 Å². The van der Waals surface area contributed by atoms with Gasteiger partial charge in [-0.3, -0.25) is 4.79 Å². The van der Waals surface area contributed by atoms with Crippen LogP contribution in [0.4, 0.5) is 5.82 Å². The number of carbonyl (C=O) groups excluding carboxylic acids is 1. The molecule has 1 saturated heterocycles. The summed E-state index contributed by atoms with van der Waals surface area (Å²) in [5.74, 6) is 0.868. The summed E-state index contributed by atoms with van der Waals surface area (Å²) in [4.78, 5) is 19.0. The van der Waals surface area contributed by atoms with Crippen molar-refractivity contribution in [3.8, 4) is 0 Å². The molecule has 1 N–H and O–H groups in total. The Morgan fingerprint density at radius 2 is 2.14 bits per heavy atom. The van der Waals surface area contributed by atoms with E-state index in [9.17, 15) is 4.79 Å². The molecule has 1 aromatic rings. The molecule has 0 radical (unpaired) electrons. The van der Waals surface area contributed by atoms with Crippen LogP contribution >= 0.6 is 11.8 Å². The summed E-state index contributed by atoms with van der Waals surface area (Å²) < 4.78 is 0.364. The van der Waals surface area contributed by atoms with Gasteiger partial charge in [0.15, 0.2) is 0 Å². The number of piperidine rings is 1. The van der Waals surface area contributed by atoms with Gasteiger partial charge >= 0.3 is 0 Å². The van der Waals surface area contributed by atoms with Crippen molar-refractivity contribution in [2.45, 2.75) is 36.9 Å². The van der Waals surface area contributed by atoms with Crippen LogP contribution < -0.4 is 5.32 Å². The van der Waals surface area contributed by atoms with Gasteiger partial charge in [0, 0.05) is 30.6 Å². The minimum absolute atomic E-state index is 0.124. The average molecular weight is 305 g/mol. The first-order valence-electron chi connectivity index (χ1n) is 7.77. The van der Waals surface area contributed by atoms with E-state index in [2.05, 4.69) is 16.6 Å². The van der Waals surface area contributed by atoms with Crippen LogP contribution in [-0.2, 0) is 0 Å². The van der Waals surface area contributed by atoms with Crippen molar-refractivity contribution in [2.24, 2.45) is 0 Å². The highest BCUT2D eigenvalue weighted by Gasteiger charge is 2.41. The molecule has 0 bridgehead atoms. The zero-order valence-electron chi connectivity index (χ0n) is 12.6. The van der Waals surface area contributed by atoms with E-state index in [0.29, 0.717) is 4.75 Å². The van der Waals surface area contributed by atoms with Gasteiger partial charge in [0.2, 0.25) is 0 Å². The van der Waals surface area contributed by atoms with Gasteiger partial charge in [-0.25, -0.2) is 4.98 Å². The second-order valence-corrected chi connectivity index (χ2v) is 7.27. The maximum atomic E-state index is 12.7. The Morgan fingerprint density at radius 1 is 1.38 bits per heavy atom. The molecule has 3 rings (SSSR count). The fraction of sp³-hybridized carbons (Fsp3) is 0.625. The number of amides is 1. The molecule has 114 valence electrons. The minimum atomic E-state index is 0.124. The highest BCUT2D eigenvalue weighted by Crippen LogP contribution is 2.47. The molecule has 2 heterocycles. The summed E-state index contributed by atoms with van der Waals surface area (Å²) in [7, 11) is 0. The monoisotopic (exact) mass is 305 g/mol. The first-order valence-corrected chi connectivity index (χ1v) is 9.00. The molecule has 1 saturated carbocycles. The van der Waals surface area contributed by atoms with Gasteiger partial charge in [-0.05, 0) is 50.5 Å². The van der Waals surface area contributed by atoms with Gasteiger partial charge in [0.25, 0.3) is 5.91 Å². The Morgan fingerprint density at radius 3 is 2.81 bits per heavy atom. The molecule has 1 aliphatic heterocycles. The van der Waals surface area contributed by atoms with Crippen LogP contribution in [0.25, 0.3) is 0 Å². The Bertz CT molecular complexity index is 510. The van der Waals surface area contributed by atoms with Gasteiger partial charge in [0.1, 0.15) is 5.82 Å². The summed E-state index contributed by atoms with van der Waals surface area (Å²) >= 11 is 1.91. The van der Waals surface area contributed by atoms with Crippen molar-refractivity contribution >= 4 is 23.5 Å². The minimum Gasteiger partial charge on any atom is -0.368 e. The topological polar surface area (TPSA) is 45.2 Å². The smallest absolute Gasteiger partial charge is 0.257 e. The molecule has 2 fully saturated rings. The Balaban J connectivity index is 1.71. The number of nitrogens with zero attached hydrogens (tertiary/aromatic N) is 2. The highest BCUT2D eigenvalue weighted by molar-refractivity contribution is 8.00. The molecule has 0 spiro atoms. The predicted molar refractivity (Wildman–Crippen MR) is 88.0 cm³/mol. The largest absolute Gasteiger partial charge is 0.368 e. The number of anilines is 1. The molecule has 21 heavy (non-hydrogen) atoms. The molecule has 2 aliphatic rings. The van der Waals surface area contributed by atoms with Crippen molar-refractivity contribution < 1.29 is 4.79 Å². The highest BCUT2D eigenvalue weighted by atomic mass is 32.2. The Kier molecular flexibility index (Phi) is 4.38. The number of likely N-dealkylation sites (tertiary alicyclic amines) is 1. The van der Waals surface area contributed by atoms with Crippen molar-refractivity contribution in [3.63, 3.8) is 0 Å². The summed E-state index contributed by atoms with van der Waals surface area (Å²) in [5.41, 5.74) is 0.719. The zero-order chi connectivity index (χ0) is 14.7. The van der Waals surface area contributed by atoms with Gasteiger partial charge in [-0.2, -0.15) is 11.8 Å². The lowest BCUT2D eigenvalue weighted by Gasteiger charge is -2.27. The number of rotatable bonds is 5.